The third-order valence-corrected chi connectivity index (χ3v) is 12.0. The van der Waals surface area contributed by atoms with Crippen molar-refractivity contribution in [3.05, 3.63) is 121 Å². The number of rotatable bonds is 19. The first kappa shape index (κ1) is 41.9. The van der Waals surface area contributed by atoms with E-state index < -0.39 is 32.6 Å². The highest BCUT2D eigenvalue weighted by Crippen LogP contribution is 2.50. The van der Waals surface area contributed by atoms with E-state index in [4.69, 9.17) is 28.0 Å². The third-order valence-electron chi connectivity index (χ3n) is 9.95. The van der Waals surface area contributed by atoms with Gasteiger partial charge in [-0.3, -0.25) is 9.36 Å². The lowest BCUT2D eigenvalue weighted by Crippen LogP contribution is -2.39. The summed E-state index contributed by atoms with van der Waals surface area (Å²) in [6.45, 7) is 12.4. The summed E-state index contributed by atoms with van der Waals surface area (Å²) in [5.41, 5.74) is 2.62. The van der Waals surface area contributed by atoms with Crippen molar-refractivity contribution in [2.75, 3.05) is 33.3 Å². The largest absolute Gasteiger partial charge is 0.497 e. The van der Waals surface area contributed by atoms with Crippen LogP contribution in [0.2, 0.25) is 0 Å². The molecular weight excluding hydrogens is 743 g/mol. The summed E-state index contributed by atoms with van der Waals surface area (Å²) < 4.78 is 42.5. The Labute approximate surface area is 336 Å². The van der Waals surface area contributed by atoms with Gasteiger partial charge in [0.05, 0.1) is 33.3 Å². The van der Waals surface area contributed by atoms with Crippen molar-refractivity contribution in [1.82, 2.24) is 24.2 Å². The van der Waals surface area contributed by atoms with Crippen LogP contribution in [-0.4, -0.2) is 82.3 Å². The average molecular weight is 797 g/mol. The number of ether oxygens (including phenoxy) is 4. The molecule has 0 saturated carbocycles. The van der Waals surface area contributed by atoms with Gasteiger partial charge in [-0.1, -0.05) is 60.7 Å². The number of fused-ring (bicyclic) bond motifs is 1. The van der Waals surface area contributed by atoms with Crippen LogP contribution in [0.1, 0.15) is 69.9 Å². The highest BCUT2D eigenvalue weighted by Gasteiger charge is 2.45. The zero-order chi connectivity index (χ0) is 40.5. The van der Waals surface area contributed by atoms with Gasteiger partial charge in [-0.2, -0.15) is 0 Å². The van der Waals surface area contributed by atoms with Crippen molar-refractivity contribution < 1.29 is 32.8 Å². The maximum absolute atomic E-state index is 12.6. The number of hydrogen-bond acceptors (Lipinski definition) is 11. The molecule has 5 aromatic rings. The number of aromatic nitrogens is 4. The van der Waals surface area contributed by atoms with Crippen molar-refractivity contribution in [2.24, 2.45) is 0 Å². The minimum Gasteiger partial charge on any atom is -0.497 e. The number of carbonyl (C=O) groups excluding carboxylic acids is 1. The molecule has 57 heavy (non-hydrogen) atoms. The summed E-state index contributed by atoms with van der Waals surface area (Å²) in [5.74, 6) is 1.61. The summed E-state index contributed by atoms with van der Waals surface area (Å²) in [5, 5.41) is 2.87. The van der Waals surface area contributed by atoms with Gasteiger partial charge in [0.1, 0.15) is 35.8 Å². The van der Waals surface area contributed by atoms with Crippen LogP contribution in [0.4, 0.5) is 5.82 Å². The number of hydrogen-bond donors (Lipinski definition) is 1. The smallest absolute Gasteiger partial charge is 0.259 e. The molecule has 302 valence electrons. The van der Waals surface area contributed by atoms with Crippen molar-refractivity contribution in [2.45, 2.75) is 83.1 Å². The van der Waals surface area contributed by atoms with Gasteiger partial charge in [-0.15, -0.1) is 6.58 Å². The summed E-state index contributed by atoms with van der Waals surface area (Å²) >= 11 is 0. The number of methoxy groups -OCH3 is 2. The van der Waals surface area contributed by atoms with Crippen molar-refractivity contribution in [3.8, 4) is 11.5 Å². The van der Waals surface area contributed by atoms with E-state index in [1.54, 1.807) is 33.7 Å². The number of benzene rings is 3. The second-order valence-electron chi connectivity index (χ2n) is 14.2. The zero-order valence-electron chi connectivity index (χ0n) is 33.7. The number of nitrogens with zero attached hydrogens (tertiary/aromatic N) is 5. The Balaban J connectivity index is 1.40. The Kier molecular flexibility index (Phi) is 14.1. The molecule has 2 aromatic heterocycles. The Morgan fingerprint density at radius 2 is 1.54 bits per heavy atom. The fraction of sp³-hybridized carbons (Fsp3) is 0.395. The number of amides is 1. The van der Waals surface area contributed by atoms with Gasteiger partial charge in [-0.25, -0.2) is 19.6 Å². The Morgan fingerprint density at radius 1 is 0.930 bits per heavy atom. The molecule has 1 fully saturated rings. The molecule has 1 saturated heterocycles. The van der Waals surface area contributed by atoms with Gasteiger partial charge in [-0.05, 0) is 75.1 Å². The Bertz CT molecular complexity index is 2010. The van der Waals surface area contributed by atoms with Crippen molar-refractivity contribution in [1.29, 1.82) is 0 Å². The standard InChI is InChI=1S/C43H53N6O7P/c1-9-10-16-38(50)47-41-40-42(45-27-44-41)48(28-46-40)39-25-36(56-57(53-8)49(29(2)3)30(4)5)37(55-39)26-54-43(31-14-12-11-13-15-31,32-17-21-34(51-6)22-18-32)33-19-23-35(52-7)24-20-33/h9,11-15,17-24,27-30,36-37,39H,1,10,16,25-26H2,2-8H3,(H,44,45,47,50)/t36-,37+,39+,57?/m0/s1. The molecule has 1 aliphatic heterocycles. The molecule has 1 unspecified atom stereocenters. The number of nitrogens with one attached hydrogen (secondary N) is 1. The SMILES string of the molecule is C=CCCC(=O)Nc1ncnc2c1ncn2[C@H]1C[C@H](OP(OC)N(C(C)C)C(C)C)[C@@H](COC(c2ccccc2)(c2ccc(OC)cc2)c2ccc(OC)cc2)O1. The lowest BCUT2D eigenvalue weighted by Gasteiger charge is -2.38. The van der Waals surface area contributed by atoms with Gasteiger partial charge in [0.25, 0.3) is 8.53 Å². The van der Waals surface area contributed by atoms with Crippen LogP contribution >= 0.6 is 8.53 Å². The molecule has 3 aromatic carbocycles. The molecule has 4 atom stereocenters. The summed E-state index contributed by atoms with van der Waals surface area (Å²) in [6, 6.07) is 26.3. The molecule has 1 N–H and O–H groups in total. The van der Waals surface area contributed by atoms with Gasteiger partial charge in [0.2, 0.25) is 5.91 Å². The lowest BCUT2D eigenvalue weighted by atomic mass is 9.80. The monoisotopic (exact) mass is 796 g/mol. The molecule has 0 radical (unpaired) electrons. The van der Waals surface area contributed by atoms with Gasteiger partial charge in [0, 0.05) is 32.0 Å². The lowest BCUT2D eigenvalue weighted by molar-refractivity contribution is -0.116. The third kappa shape index (κ3) is 9.20. The maximum Gasteiger partial charge on any atom is 0.259 e. The topological polar surface area (TPSA) is 131 Å². The molecule has 0 spiro atoms. The van der Waals surface area contributed by atoms with E-state index in [1.807, 2.05) is 71.3 Å². The van der Waals surface area contributed by atoms with E-state index in [1.165, 1.54) is 6.33 Å². The number of carbonyl (C=O) groups is 1. The van der Waals surface area contributed by atoms with Crippen molar-refractivity contribution in [3.63, 3.8) is 0 Å². The molecule has 0 bridgehead atoms. The number of imidazole rings is 1. The van der Waals surface area contributed by atoms with E-state index in [-0.39, 0.29) is 31.0 Å². The highest BCUT2D eigenvalue weighted by atomic mass is 31.2. The highest BCUT2D eigenvalue weighted by molar-refractivity contribution is 7.44. The fourth-order valence-electron chi connectivity index (χ4n) is 7.28. The molecule has 3 heterocycles. The predicted molar refractivity (Wildman–Crippen MR) is 221 cm³/mol. The van der Waals surface area contributed by atoms with E-state index in [2.05, 4.69) is 71.3 Å². The van der Waals surface area contributed by atoms with Crippen LogP contribution in [0.15, 0.2) is 104 Å². The predicted octanol–water partition coefficient (Wildman–Crippen LogP) is 8.42. The van der Waals surface area contributed by atoms with E-state index in [9.17, 15) is 4.79 Å². The molecule has 0 aliphatic carbocycles. The minimum atomic E-state index is -1.49. The van der Waals surface area contributed by atoms with E-state index in [0.29, 0.717) is 29.8 Å². The summed E-state index contributed by atoms with van der Waals surface area (Å²) in [7, 11) is 3.50. The molecular formula is C43H53N6O7P. The summed E-state index contributed by atoms with van der Waals surface area (Å²) in [6.07, 6.45) is 4.50. The van der Waals surface area contributed by atoms with Crippen molar-refractivity contribution >= 4 is 31.4 Å². The quantitative estimate of drug-likeness (QED) is 0.0491. The van der Waals surface area contributed by atoms with Gasteiger partial charge >= 0.3 is 0 Å². The minimum absolute atomic E-state index is 0.136. The van der Waals surface area contributed by atoms with E-state index in [0.717, 1.165) is 28.2 Å². The maximum atomic E-state index is 12.6. The second kappa shape index (κ2) is 19.1. The van der Waals surface area contributed by atoms with Crippen LogP contribution in [0.5, 0.6) is 11.5 Å². The molecule has 1 aliphatic rings. The normalized spacial score (nSPS) is 17.7. The first-order chi connectivity index (χ1) is 27.6. The van der Waals surface area contributed by atoms with Crippen LogP contribution in [0, 0.1) is 0 Å². The fourth-order valence-corrected chi connectivity index (χ4v) is 8.87. The van der Waals surface area contributed by atoms with Crippen LogP contribution in [-0.2, 0) is 28.9 Å². The first-order valence-corrected chi connectivity index (χ1v) is 20.3. The molecule has 1 amide bonds. The molecule has 14 heteroatoms. The first-order valence-electron chi connectivity index (χ1n) is 19.1. The summed E-state index contributed by atoms with van der Waals surface area (Å²) in [4.78, 5) is 26.2. The van der Waals surface area contributed by atoms with Crippen LogP contribution in [0.3, 0.4) is 0 Å². The number of anilines is 1. The Hall–Kier alpha value is -4.75. The Morgan fingerprint density at radius 3 is 2.11 bits per heavy atom. The zero-order valence-corrected chi connectivity index (χ0v) is 34.6. The number of allylic oxidation sites excluding steroid dienone is 1. The average Bonchev–Trinajstić information content (AvgIpc) is 3.85. The second-order valence-corrected chi connectivity index (χ2v) is 15.7. The van der Waals surface area contributed by atoms with Gasteiger partial charge in [0.15, 0.2) is 17.0 Å². The van der Waals surface area contributed by atoms with Gasteiger partial charge < -0.3 is 33.3 Å². The van der Waals surface area contributed by atoms with E-state index >= 15 is 0 Å². The van der Waals surface area contributed by atoms with Crippen LogP contribution in [0.25, 0.3) is 11.2 Å². The molecule has 13 nitrogen and oxygen atoms in total. The van der Waals surface area contributed by atoms with Crippen LogP contribution < -0.4 is 14.8 Å². The molecule has 6 rings (SSSR count).